The van der Waals surface area contributed by atoms with Crippen molar-refractivity contribution < 1.29 is 0 Å². The van der Waals surface area contributed by atoms with Gasteiger partial charge in [0, 0.05) is 5.56 Å². The largest absolute Gasteiger partial charge is 0.324 e. The summed E-state index contributed by atoms with van der Waals surface area (Å²) in [6.07, 6.45) is 2.83. The first-order chi connectivity index (χ1) is 5.81. The summed E-state index contributed by atoms with van der Waals surface area (Å²) in [7, 11) is 0. The molecule has 0 amide bonds. The van der Waals surface area contributed by atoms with Crippen LogP contribution in [0.25, 0.3) is 0 Å². The summed E-state index contributed by atoms with van der Waals surface area (Å²) < 4.78 is 0. The first kappa shape index (κ1) is 7.49. The molecule has 1 heterocycles. The van der Waals surface area contributed by atoms with Gasteiger partial charge in [0.15, 0.2) is 0 Å². The number of hydrogen-bond donors (Lipinski definition) is 2. The number of H-pyrrole nitrogens is 1. The summed E-state index contributed by atoms with van der Waals surface area (Å²) in [5, 5.41) is 0. The first-order valence-corrected chi connectivity index (χ1v) is 4.12. The fourth-order valence-electron chi connectivity index (χ4n) is 1.59. The van der Waals surface area contributed by atoms with E-state index in [1.54, 1.807) is 0 Å². The average molecular weight is 165 g/mol. The van der Waals surface area contributed by atoms with Gasteiger partial charge in [-0.15, -0.1) is 0 Å². The number of nitrogens with two attached hydrogens (primary N) is 1. The van der Waals surface area contributed by atoms with Crippen LogP contribution in [-0.2, 0) is 19.4 Å². The molecule has 0 radical (unpaired) electrons. The molecule has 0 spiro atoms. The lowest BCUT2D eigenvalue weighted by atomic mass is 10.2. The molecule has 1 aromatic heterocycles. The van der Waals surface area contributed by atoms with Gasteiger partial charge in [0.25, 0.3) is 5.56 Å². The van der Waals surface area contributed by atoms with Crippen LogP contribution in [0.4, 0.5) is 0 Å². The molecule has 0 fully saturated rings. The average Bonchev–Trinajstić information content (AvgIpc) is 2.52. The molecule has 0 atom stereocenters. The van der Waals surface area contributed by atoms with Crippen LogP contribution in [-0.4, -0.2) is 9.97 Å². The maximum atomic E-state index is 11.3. The lowest BCUT2D eigenvalue weighted by Gasteiger charge is -1.99. The number of nitrogens with one attached hydrogen (secondary N) is 1. The SMILES string of the molecule is NCc1nc2c(c(=O)[nH]1)CCC2. The summed E-state index contributed by atoms with van der Waals surface area (Å²) in [6.45, 7) is 0.308. The maximum absolute atomic E-state index is 11.3. The zero-order valence-electron chi connectivity index (χ0n) is 6.76. The third-order valence-corrected chi connectivity index (χ3v) is 2.18. The molecule has 3 N–H and O–H groups in total. The van der Waals surface area contributed by atoms with E-state index in [-0.39, 0.29) is 5.56 Å². The van der Waals surface area contributed by atoms with Crippen molar-refractivity contribution in [1.29, 1.82) is 0 Å². The van der Waals surface area contributed by atoms with Crippen LogP contribution in [0, 0.1) is 0 Å². The molecule has 64 valence electrons. The summed E-state index contributed by atoms with van der Waals surface area (Å²) in [6, 6.07) is 0. The molecule has 0 saturated carbocycles. The van der Waals surface area contributed by atoms with E-state index in [4.69, 9.17) is 5.73 Å². The van der Waals surface area contributed by atoms with Crippen LogP contribution in [0.15, 0.2) is 4.79 Å². The van der Waals surface area contributed by atoms with Gasteiger partial charge in [-0.25, -0.2) is 4.98 Å². The smallest absolute Gasteiger partial charge is 0.254 e. The molecule has 0 aromatic carbocycles. The van der Waals surface area contributed by atoms with Gasteiger partial charge in [-0.3, -0.25) is 4.79 Å². The Morgan fingerprint density at radius 2 is 2.33 bits per heavy atom. The molecule has 2 rings (SSSR count). The molecule has 1 aliphatic rings. The van der Waals surface area contributed by atoms with Gasteiger partial charge in [-0.2, -0.15) is 0 Å². The van der Waals surface area contributed by atoms with Gasteiger partial charge in [-0.1, -0.05) is 0 Å². The molecule has 1 aromatic rings. The van der Waals surface area contributed by atoms with Crippen LogP contribution < -0.4 is 11.3 Å². The van der Waals surface area contributed by atoms with Crippen molar-refractivity contribution in [3.63, 3.8) is 0 Å². The van der Waals surface area contributed by atoms with Crippen LogP contribution >= 0.6 is 0 Å². The standard InChI is InChI=1S/C8H11N3O/c9-4-7-10-6-3-1-2-5(6)8(12)11-7/h1-4,9H2,(H,10,11,12). The van der Waals surface area contributed by atoms with E-state index in [0.717, 1.165) is 30.5 Å². The molecule has 12 heavy (non-hydrogen) atoms. The predicted octanol–water partition coefficient (Wildman–Crippen LogP) is -0.283. The third-order valence-electron chi connectivity index (χ3n) is 2.18. The number of aryl methyl sites for hydroxylation is 1. The van der Waals surface area contributed by atoms with Crippen molar-refractivity contribution in [2.75, 3.05) is 0 Å². The highest BCUT2D eigenvalue weighted by molar-refractivity contribution is 5.22. The van der Waals surface area contributed by atoms with Gasteiger partial charge in [0.2, 0.25) is 0 Å². The van der Waals surface area contributed by atoms with Crippen molar-refractivity contribution in [2.45, 2.75) is 25.8 Å². The minimum Gasteiger partial charge on any atom is -0.324 e. The van der Waals surface area contributed by atoms with E-state index in [2.05, 4.69) is 9.97 Å². The van der Waals surface area contributed by atoms with Crippen molar-refractivity contribution in [3.8, 4) is 0 Å². The van der Waals surface area contributed by atoms with Crippen LogP contribution in [0.5, 0.6) is 0 Å². The molecular weight excluding hydrogens is 154 g/mol. The van der Waals surface area contributed by atoms with Crippen molar-refractivity contribution in [2.24, 2.45) is 5.73 Å². The second-order valence-corrected chi connectivity index (χ2v) is 3.00. The molecule has 0 bridgehead atoms. The zero-order valence-corrected chi connectivity index (χ0v) is 6.76. The Morgan fingerprint density at radius 3 is 3.08 bits per heavy atom. The van der Waals surface area contributed by atoms with Crippen LogP contribution in [0.3, 0.4) is 0 Å². The second-order valence-electron chi connectivity index (χ2n) is 3.00. The Labute approximate surface area is 69.8 Å². The van der Waals surface area contributed by atoms with Crippen molar-refractivity contribution >= 4 is 0 Å². The highest BCUT2D eigenvalue weighted by Crippen LogP contribution is 2.14. The Hall–Kier alpha value is -1.16. The Bertz CT molecular complexity index is 356. The minimum atomic E-state index is -0.00190. The topological polar surface area (TPSA) is 71.8 Å². The molecule has 4 nitrogen and oxygen atoms in total. The first-order valence-electron chi connectivity index (χ1n) is 4.12. The van der Waals surface area contributed by atoms with Gasteiger partial charge in [0.05, 0.1) is 12.2 Å². The van der Waals surface area contributed by atoms with E-state index in [1.807, 2.05) is 0 Å². The van der Waals surface area contributed by atoms with E-state index < -0.39 is 0 Å². The third kappa shape index (κ3) is 1.04. The van der Waals surface area contributed by atoms with Gasteiger partial charge >= 0.3 is 0 Å². The molecule has 0 saturated heterocycles. The normalized spacial score (nSPS) is 14.8. The van der Waals surface area contributed by atoms with Crippen LogP contribution in [0.1, 0.15) is 23.5 Å². The van der Waals surface area contributed by atoms with Crippen molar-refractivity contribution in [3.05, 3.63) is 27.4 Å². The number of aromatic nitrogens is 2. The van der Waals surface area contributed by atoms with E-state index >= 15 is 0 Å². The number of aromatic amines is 1. The highest BCUT2D eigenvalue weighted by Gasteiger charge is 2.16. The predicted molar refractivity (Wildman–Crippen MR) is 44.8 cm³/mol. The van der Waals surface area contributed by atoms with Crippen molar-refractivity contribution in [1.82, 2.24) is 9.97 Å². The summed E-state index contributed by atoms with van der Waals surface area (Å²) in [5.74, 6) is 0.598. The van der Waals surface area contributed by atoms with Gasteiger partial charge in [-0.05, 0) is 19.3 Å². The molecule has 1 aliphatic carbocycles. The van der Waals surface area contributed by atoms with Crippen LogP contribution in [0.2, 0.25) is 0 Å². The molecule has 0 aliphatic heterocycles. The van der Waals surface area contributed by atoms with Gasteiger partial charge < -0.3 is 10.7 Å². The second kappa shape index (κ2) is 2.71. The summed E-state index contributed by atoms with van der Waals surface area (Å²) in [5.41, 5.74) is 7.18. The fourth-order valence-corrected chi connectivity index (χ4v) is 1.59. The maximum Gasteiger partial charge on any atom is 0.254 e. The Morgan fingerprint density at radius 1 is 1.50 bits per heavy atom. The number of nitrogens with zero attached hydrogens (tertiary/aromatic N) is 1. The molecule has 4 heteroatoms. The number of fused-ring (bicyclic) bond motifs is 1. The van der Waals surface area contributed by atoms with E-state index in [0.29, 0.717) is 12.4 Å². The van der Waals surface area contributed by atoms with E-state index in [9.17, 15) is 4.79 Å². The lowest BCUT2D eigenvalue weighted by Crippen LogP contribution is -2.18. The molecule has 0 unspecified atom stereocenters. The summed E-state index contributed by atoms with van der Waals surface area (Å²) in [4.78, 5) is 18.3. The van der Waals surface area contributed by atoms with E-state index in [1.165, 1.54) is 0 Å². The summed E-state index contributed by atoms with van der Waals surface area (Å²) >= 11 is 0. The number of rotatable bonds is 1. The van der Waals surface area contributed by atoms with Gasteiger partial charge in [0.1, 0.15) is 5.82 Å². The zero-order chi connectivity index (χ0) is 8.55. The fraction of sp³-hybridized carbons (Fsp3) is 0.500. The Balaban J connectivity index is 2.59. The molecular formula is C8H11N3O. The highest BCUT2D eigenvalue weighted by atomic mass is 16.1. The Kier molecular flexibility index (Phi) is 1.69. The lowest BCUT2D eigenvalue weighted by molar-refractivity contribution is 0.855. The quantitative estimate of drug-likeness (QED) is 0.601. The minimum absolute atomic E-state index is 0.00190. The number of hydrogen-bond acceptors (Lipinski definition) is 3. The monoisotopic (exact) mass is 165 g/mol.